The van der Waals surface area contributed by atoms with Gasteiger partial charge in [0.2, 0.25) is 0 Å². The van der Waals surface area contributed by atoms with Crippen molar-refractivity contribution >= 4 is 22.8 Å². The summed E-state index contributed by atoms with van der Waals surface area (Å²) in [6.07, 6.45) is 1.19. The Bertz CT molecular complexity index is 578. The summed E-state index contributed by atoms with van der Waals surface area (Å²) in [5.74, 6) is 0. The molecule has 0 aromatic carbocycles. The second kappa shape index (κ2) is 5.34. The molecular formula is C5H11N2O10P3. The Labute approximate surface area is 111 Å². The Balaban J connectivity index is 3.11. The lowest BCUT2D eigenvalue weighted by atomic mass is 10.8. The van der Waals surface area contributed by atoms with Crippen LogP contribution in [0.25, 0.3) is 0 Å². The van der Waals surface area contributed by atoms with E-state index in [0.29, 0.717) is 4.73 Å². The van der Waals surface area contributed by atoms with Crippen LogP contribution >= 0.6 is 22.8 Å². The number of rotatable bonds is 6. The highest BCUT2D eigenvalue weighted by molar-refractivity contribution is 7.73. The molecule has 0 aliphatic rings. The maximum atomic E-state index is 11.6. The first kappa shape index (κ1) is 17.5. The summed E-state index contributed by atoms with van der Waals surface area (Å²) >= 11 is 0. The Morgan fingerprint density at radius 2 is 1.60 bits per heavy atom. The number of aromatic nitrogens is 2. The van der Waals surface area contributed by atoms with Gasteiger partial charge in [0.15, 0.2) is 0 Å². The van der Waals surface area contributed by atoms with Crippen LogP contribution in [0, 0.1) is 0 Å². The first-order valence-electron chi connectivity index (χ1n) is 4.62. The van der Waals surface area contributed by atoms with Crippen LogP contribution in [0.2, 0.25) is 0 Å². The molecule has 6 N–H and O–H groups in total. The molecule has 1 atom stereocenters. The summed E-state index contributed by atoms with van der Waals surface area (Å²) in [5, 5.41) is 5.45. The molecule has 1 unspecified atom stereocenters. The quantitative estimate of drug-likeness (QED) is 0.325. The summed E-state index contributed by atoms with van der Waals surface area (Å²) < 4.78 is 38.6. The molecule has 0 amide bonds. The third-order valence-electron chi connectivity index (χ3n) is 2.05. The van der Waals surface area contributed by atoms with Crippen LogP contribution in [0.1, 0.15) is 0 Å². The lowest BCUT2D eigenvalue weighted by Gasteiger charge is -2.30. The largest absolute Gasteiger partial charge is 0.399 e. The SMILES string of the molecule is O=P(O)(CC(O)(P(=O)(O)O)P(=O)(O)O)On1ccnc1. The van der Waals surface area contributed by atoms with Crippen molar-refractivity contribution in [2.24, 2.45) is 0 Å². The van der Waals surface area contributed by atoms with Crippen molar-refractivity contribution in [1.29, 1.82) is 0 Å². The number of aliphatic hydroxyl groups is 1. The van der Waals surface area contributed by atoms with E-state index in [2.05, 4.69) is 9.61 Å². The molecule has 0 saturated heterocycles. The van der Waals surface area contributed by atoms with E-state index in [-0.39, 0.29) is 0 Å². The van der Waals surface area contributed by atoms with E-state index in [1.807, 2.05) is 0 Å². The van der Waals surface area contributed by atoms with Gasteiger partial charge in [0, 0.05) is 6.20 Å². The first-order chi connectivity index (χ1) is 8.79. The third-order valence-corrected chi connectivity index (χ3v) is 7.59. The highest BCUT2D eigenvalue weighted by Crippen LogP contribution is 2.70. The normalized spacial score (nSPS) is 16.7. The van der Waals surface area contributed by atoms with Gasteiger partial charge in [0.05, 0.1) is 6.20 Å². The lowest BCUT2D eigenvalue weighted by molar-refractivity contribution is 0.137. The maximum Gasteiger partial charge on any atom is 0.399 e. The molecule has 15 heteroatoms. The van der Waals surface area contributed by atoms with Crippen LogP contribution in [-0.2, 0) is 13.7 Å². The monoisotopic (exact) mass is 352 g/mol. The van der Waals surface area contributed by atoms with Crippen molar-refractivity contribution in [2.45, 2.75) is 5.08 Å². The average Bonchev–Trinajstić information content (AvgIpc) is 2.64. The smallest absolute Gasteiger partial charge is 0.367 e. The molecule has 0 bridgehead atoms. The molecule has 1 aromatic rings. The van der Waals surface area contributed by atoms with Gasteiger partial charge in [-0.25, -0.2) is 9.55 Å². The van der Waals surface area contributed by atoms with Crippen LogP contribution in [0.5, 0.6) is 0 Å². The molecule has 0 saturated carbocycles. The Morgan fingerprint density at radius 3 is 1.95 bits per heavy atom. The summed E-state index contributed by atoms with van der Waals surface area (Å²) in [6, 6.07) is 0. The van der Waals surface area contributed by atoms with Gasteiger partial charge in [-0.3, -0.25) is 9.13 Å². The van der Waals surface area contributed by atoms with Gasteiger partial charge in [-0.15, -0.1) is 0 Å². The van der Waals surface area contributed by atoms with Gasteiger partial charge in [0.25, 0.3) is 5.08 Å². The van der Waals surface area contributed by atoms with Crippen LogP contribution in [0.3, 0.4) is 0 Å². The molecule has 12 nitrogen and oxygen atoms in total. The molecule has 0 fully saturated rings. The van der Waals surface area contributed by atoms with Gasteiger partial charge >= 0.3 is 22.8 Å². The molecule has 0 aliphatic heterocycles. The fourth-order valence-corrected chi connectivity index (χ4v) is 5.98. The van der Waals surface area contributed by atoms with E-state index >= 15 is 0 Å². The average molecular weight is 352 g/mol. The number of nitrogens with zero attached hydrogens (tertiary/aromatic N) is 2. The fourth-order valence-electron chi connectivity index (χ4n) is 1.09. The molecule has 116 valence electrons. The Kier molecular flexibility index (Phi) is 4.68. The predicted octanol–water partition coefficient (Wildman–Crippen LogP) is -1.50. The zero-order valence-corrected chi connectivity index (χ0v) is 12.2. The summed E-state index contributed by atoms with van der Waals surface area (Å²) in [6.45, 7) is 0. The van der Waals surface area contributed by atoms with Crippen LogP contribution in [0.15, 0.2) is 18.7 Å². The number of hydrogen-bond donors (Lipinski definition) is 6. The van der Waals surface area contributed by atoms with Crippen molar-refractivity contribution in [2.75, 3.05) is 6.16 Å². The predicted molar refractivity (Wildman–Crippen MR) is 62.5 cm³/mol. The summed E-state index contributed by atoms with van der Waals surface area (Å²) in [4.78, 5) is 48.1. The van der Waals surface area contributed by atoms with E-state index in [1.54, 1.807) is 0 Å². The van der Waals surface area contributed by atoms with Crippen molar-refractivity contribution in [3.63, 3.8) is 0 Å². The molecule has 0 aliphatic carbocycles. The van der Waals surface area contributed by atoms with Gasteiger partial charge in [0.1, 0.15) is 12.5 Å². The van der Waals surface area contributed by atoms with Crippen molar-refractivity contribution in [3.05, 3.63) is 18.7 Å². The standard InChI is InChI=1S/C5H11N2O10P3/c8-5(19(11,12)13,20(14,15)16)3-18(9,10)17-7-2-1-6-4-7/h1-2,4,8H,3H2,(H,9,10)(H2,11,12,13)(H2,14,15,16). The summed E-state index contributed by atoms with van der Waals surface area (Å²) in [5.41, 5.74) is 0. The van der Waals surface area contributed by atoms with Gasteiger partial charge in [-0.1, -0.05) is 0 Å². The highest BCUT2D eigenvalue weighted by atomic mass is 31.2. The molecule has 1 aromatic heterocycles. The molecule has 1 heterocycles. The Morgan fingerprint density at radius 1 is 1.10 bits per heavy atom. The lowest BCUT2D eigenvalue weighted by Crippen LogP contribution is -2.34. The fraction of sp³-hybridized carbons (Fsp3) is 0.400. The molecule has 20 heavy (non-hydrogen) atoms. The van der Waals surface area contributed by atoms with Crippen LogP contribution in [0.4, 0.5) is 0 Å². The molecular weight excluding hydrogens is 341 g/mol. The first-order valence-corrected chi connectivity index (χ1v) is 9.61. The van der Waals surface area contributed by atoms with E-state index in [0.717, 1.165) is 18.7 Å². The topological polar surface area (TPSA) is 200 Å². The van der Waals surface area contributed by atoms with E-state index < -0.39 is 34.0 Å². The van der Waals surface area contributed by atoms with E-state index in [9.17, 15) is 23.7 Å². The second-order valence-corrected chi connectivity index (χ2v) is 9.43. The zero-order chi connectivity index (χ0) is 15.8. The third kappa shape index (κ3) is 3.76. The van der Waals surface area contributed by atoms with Gasteiger partial charge in [-0.2, -0.15) is 4.73 Å². The minimum Gasteiger partial charge on any atom is -0.367 e. The van der Waals surface area contributed by atoms with Crippen molar-refractivity contribution in [1.82, 2.24) is 9.71 Å². The Hall–Kier alpha value is -0.540. The summed E-state index contributed by atoms with van der Waals surface area (Å²) in [7, 11) is -16.7. The zero-order valence-electron chi connectivity index (χ0n) is 9.49. The van der Waals surface area contributed by atoms with E-state index in [1.165, 1.54) is 0 Å². The van der Waals surface area contributed by atoms with Gasteiger partial charge in [-0.05, 0) is 0 Å². The molecule has 0 radical (unpaired) electrons. The van der Waals surface area contributed by atoms with Crippen LogP contribution < -0.4 is 4.62 Å². The molecule has 0 spiro atoms. The van der Waals surface area contributed by atoms with Gasteiger partial charge < -0.3 is 34.2 Å². The van der Waals surface area contributed by atoms with Crippen molar-refractivity contribution < 1.29 is 47.9 Å². The maximum absolute atomic E-state index is 11.6. The minimum absolute atomic E-state index is 0.570. The number of hydrogen-bond acceptors (Lipinski definition) is 6. The van der Waals surface area contributed by atoms with Crippen LogP contribution in [-0.4, -0.2) is 50.5 Å². The van der Waals surface area contributed by atoms with E-state index in [4.69, 9.17) is 19.6 Å². The molecule has 1 rings (SSSR count). The number of imidazole rings is 1. The highest BCUT2D eigenvalue weighted by Gasteiger charge is 2.63. The second-order valence-electron chi connectivity index (χ2n) is 3.66. The van der Waals surface area contributed by atoms with Crippen molar-refractivity contribution in [3.8, 4) is 0 Å². The minimum atomic E-state index is -5.84.